The van der Waals surface area contributed by atoms with E-state index in [4.69, 9.17) is 20.9 Å². The molecule has 4 nitrogen and oxygen atoms in total. The standard InChI is InChI=1S/C23H11F15N2O2/c24-19(25,26)8-1-9(41-11-4-13(20(27,28)29)17(39)14(5-11)21(30,31)32)3-10(2-8)42-12-6-15(22(33,34)35)18(40)16(7-12)23(36,37)38/h1-7H,39-40H2. The molecule has 0 aliphatic rings. The van der Waals surface area contributed by atoms with E-state index < -0.39 is 93.1 Å². The predicted octanol–water partition coefficient (Wildman–Crippen LogP) is 9.53. The summed E-state index contributed by atoms with van der Waals surface area (Å²) >= 11 is 0. The lowest BCUT2D eigenvalue weighted by Crippen LogP contribution is -2.16. The van der Waals surface area contributed by atoms with Crippen molar-refractivity contribution in [1.82, 2.24) is 0 Å². The van der Waals surface area contributed by atoms with E-state index in [1.165, 1.54) is 0 Å². The fourth-order valence-electron chi connectivity index (χ4n) is 3.43. The van der Waals surface area contributed by atoms with Crippen LogP contribution in [0.25, 0.3) is 0 Å². The third-order valence-electron chi connectivity index (χ3n) is 5.21. The molecule has 0 aliphatic heterocycles. The SMILES string of the molecule is Nc1c(C(F)(F)F)cc(Oc2cc(Oc3cc(C(F)(F)F)c(N)c(C(F)(F)F)c3)cc(C(F)(F)F)c2)cc1C(F)(F)F. The van der Waals surface area contributed by atoms with Crippen LogP contribution in [0.2, 0.25) is 0 Å². The number of alkyl halides is 15. The van der Waals surface area contributed by atoms with E-state index in [9.17, 15) is 65.9 Å². The molecule has 0 aromatic heterocycles. The quantitative estimate of drug-likeness (QED) is 0.222. The van der Waals surface area contributed by atoms with Crippen molar-refractivity contribution >= 4 is 11.4 Å². The maximum absolute atomic E-state index is 13.5. The van der Waals surface area contributed by atoms with Crippen LogP contribution in [0.1, 0.15) is 27.8 Å². The maximum Gasteiger partial charge on any atom is 0.418 e. The van der Waals surface area contributed by atoms with Gasteiger partial charge in [0.2, 0.25) is 0 Å². The number of nitrogen functional groups attached to an aromatic ring is 2. The van der Waals surface area contributed by atoms with Crippen LogP contribution in [0, 0.1) is 0 Å². The second-order valence-electron chi connectivity index (χ2n) is 8.25. The van der Waals surface area contributed by atoms with Gasteiger partial charge < -0.3 is 20.9 Å². The number of benzene rings is 3. The summed E-state index contributed by atoms with van der Waals surface area (Å²) in [7, 11) is 0. The first-order valence-electron chi connectivity index (χ1n) is 10.5. The lowest BCUT2D eigenvalue weighted by molar-refractivity contribution is -0.143. The normalized spacial score (nSPS) is 13.3. The molecule has 42 heavy (non-hydrogen) atoms. The molecule has 0 amide bonds. The van der Waals surface area contributed by atoms with Crippen molar-refractivity contribution in [3.8, 4) is 23.0 Å². The van der Waals surface area contributed by atoms with Crippen LogP contribution in [0.4, 0.5) is 77.2 Å². The van der Waals surface area contributed by atoms with E-state index in [0.717, 1.165) is 0 Å². The molecule has 4 N–H and O–H groups in total. The van der Waals surface area contributed by atoms with Crippen molar-refractivity contribution in [2.75, 3.05) is 11.5 Å². The summed E-state index contributed by atoms with van der Waals surface area (Å²) in [5.41, 5.74) is -3.67. The lowest BCUT2D eigenvalue weighted by Gasteiger charge is -2.19. The van der Waals surface area contributed by atoms with Crippen molar-refractivity contribution in [1.29, 1.82) is 0 Å². The molecule has 0 radical (unpaired) electrons. The summed E-state index contributed by atoms with van der Waals surface area (Å²) in [6, 6.07) is 0.188. The second-order valence-corrected chi connectivity index (χ2v) is 8.25. The molecule has 3 aromatic rings. The van der Waals surface area contributed by atoms with Crippen molar-refractivity contribution < 1.29 is 75.3 Å². The zero-order valence-electron chi connectivity index (χ0n) is 19.7. The molecule has 0 spiro atoms. The van der Waals surface area contributed by atoms with Crippen LogP contribution in [-0.2, 0) is 30.9 Å². The first kappa shape index (κ1) is 32.3. The van der Waals surface area contributed by atoms with E-state index in [1.807, 2.05) is 0 Å². The Kier molecular flexibility index (Phi) is 7.90. The third-order valence-corrected chi connectivity index (χ3v) is 5.21. The zero-order valence-corrected chi connectivity index (χ0v) is 19.7. The summed E-state index contributed by atoms with van der Waals surface area (Å²) in [4.78, 5) is 0. The van der Waals surface area contributed by atoms with Gasteiger partial charge in [-0.05, 0) is 36.4 Å². The van der Waals surface area contributed by atoms with Gasteiger partial charge in [0.05, 0.1) is 39.2 Å². The number of rotatable bonds is 4. The molecule has 0 heterocycles. The maximum atomic E-state index is 13.5. The summed E-state index contributed by atoms with van der Waals surface area (Å²) in [5, 5.41) is 0. The second kappa shape index (κ2) is 10.3. The molecule has 0 unspecified atom stereocenters. The summed E-state index contributed by atoms with van der Waals surface area (Å²) in [5.74, 6) is -5.01. The summed E-state index contributed by atoms with van der Waals surface area (Å²) in [6.45, 7) is 0. The van der Waals surface area contributed by atoms with E-state index in [0.29, 0.717) is 6.07 Å². The van der Waals surface area contributed by atoms with Crippen LogP contribution in [-0.4, -0.2) is 0 Å². The Morgan fingerprint density at radius 3 is 0.810 bits per heavy atom. The molecular formula is C23H11F15N2O2. The van der Waals surface area contributed by atoms with Gasteiger partial charge in [0.15, 0.2) is 0 Å². The van der Waals surface area contributed by atoms with Gasteiger partial charge >= 0.3 is 30.9 Å². The Hall–Kier alpha value is -4.19. The topological polar surface area (TPSA) is 70.5 Å². The highest BCUT2D eigenvalue weighted by Gasteiger charge is 2.42. The average Bonchev–Trinajstić information content (AvgIpc) is 2.77. The Balaban J connectivity index is 2.18. The predicted molar refractivity (Wildman–Crippen MR) is 113 cm³/mol. The van der Waals surface area contributed by atoms with Crippen molar-refractivity contribution in [3.05, 3.63) is 70.3 Å². The molecule has 0 atom stereocenters. The van der Waals surface area contributed by atoms with Gasteiger partial charge in [-0.15, -0.1) is 0 Å². The molecule has 0 saturated heterocycles. The minimum Gasteiger partial charge on any atom is -0.457 e. The summed E-state index contributed by atoms with van der Waals surface area (Å²) in [6.07, 6.45) is -27.3. The zero-order chi connectivity index (χ0) is 32.2. The van der Waals surface area contributed by atoms with E-state index >= 15 is 0 Å². The summed E-state index contributed by atoms with van der Waals surface area (Å²) < 4.78 is 209. The Labute approximate surface area is 223 Å². The Bertz CT molecular complexity index is 1310. The van der Waals surface area contributed by atoms with Crippen LogP contribution in [0.5, 0.6) is 23.0 Å². The number of hydrogen-bond donors (Lipinski definition) is 2. The van der Waals surface area contributed by atoms with Crippen LogP contribution >= 0.6 is 0 Å². The van der Waals surface area contributed by atoms with Crippen molar-refractivity contribution in [2.24, 2.45) is 0 Å². The number of halogens is 15. The van der Waals surface area contributed by atoms with Gasteiger partial charge in [-0.25, -0.2) is 0 Å². The van der Waals surface area contributed by atoms with E-state index in [1.54, 1.807) is 0 Å². The molecule has 3 aromatic carbocycles. The minimum absolute atomic E-state index is 0.0645. The van der Waals surface area contributed by atoms with Gasteiger partial charge in [-0.1, -0.05) is 0 Å². The third kappa shape index (κ3) is 7.17. The Morgan fingerprint density at radius 2 is 0.595 bits per heavy atom. The molecule has 230 valence electrons. The number of nitrogens with two attached hydrogens (primary N) is 2. The highest BCUT2D eigenvalue weighted by Crippen LogP contribution is 2.47. The molecular weight excluding hydrogens is 621 g/mol. The first-order chi connectivity index (χ1) is 18.8. The Morgan fingerprint density at radius 1 is 0.357 bits per heavy atom. The fraction of sp³-hybridized carbons (Fsp3) is 0.217. The van der Waals surface area contributed by atoms with E-state index in [-0.39, 0.29) is 36.4 Å². The fourth-order valence-corrected chi connectivity index (χ4v) is 3.43. The molecule has 0 bridgehead atoms. The average molecular weight is 632 g/mol. The van der Waals surface area contributed by atoms with Crippen molar-refractivity contribution in [3.63, 3.8) is 0 Å². The molecule has 19 heteroatoms. The highest BCUT2D eigenvalue weighted by molar-refractivity contribution is 5.61. The van der Waals surface area contributed by atoms with Gasteiger partial charge in [0.1, 0.15) is 23.0 Å². The van der Waals surface area contributed by atoms with Crippen LogP contribution in [0.3, 0.4) is 0 Å². The van der Waals surface area contributed by atoms with Gasteiger partial charge in [-0.2, -0.15) is 65.9 Å². The smallest absolute Gasteiger partial charge is 0.418 e. The molecule has 0 fully saturated rings. The highest BCUT2D eigenvalue weighted by atomic mass is 19.4. The van der Waals surface area contributed by atoms with Gasteiger partial charge in [0, 0.05) is 6.07 Å². The first-order valence-corrected chi connectivity index (χ1v) is 10.5. The largest absolute Gasteiger partial charge is 0.457 e. The van der Waals surface area contributed by atoms with Gasteiger partial charge in [0.25, 0.3) is 0 Å². The molecule has 0 saturated carbocycles. The molecule has 0 aliphatic carbocycles. The minimum atomic E-state index is -5.49. The van der Waals surface area contributed by atoms with Gasteiger partial charge in [-0.3, -0.25) is 0 Å². The van der Waals surface area contributed by atoms with Crippen molar-refractivity contribution in [2.45, 2.75) is 30.9 Å². The number of ether oxygens (including phenoxy) is 2. The van der Waals surface area contributed by atoms with E-state index in [2.05, 4.69) is 0 Å². The number of anilines is 2. The van der Waals surface area contributed by atoms with Crippen LogP contribution in [0.15, 0.2) is 42.5 Å². The van der Waals surface area contributed by atoms with Crippen LogP contribution < -0.4 is 20.9 Å². The number of hydrogen-bond acceptors (Lipinski definition) is 4. The lowest BCUT2D eigenvalue weighted by atomic mass is 10.1. The molecule has 3 rings (SSSR count). The monoisotopic (exact) mass is 632 g/mol.